The number of hydrogen-bond acceptors (Lipinski definition) is 3. The van der Waals surface area contributed by atoms with Gasteiger partial charge in [0.25, 0.3) is 0 Å². The number of carbonyl (C=O) groups excluding carboxylic acids is 1. The Bertz CT molecular complexity index is 350. The fourth-order valence-electron chi connectivity index (χ4n) is 1.08. The van der Waals surface area contributed by atoms with E-state index in [0.717, 1.165) is 11.4 Å². The summed E-state index contributed by atoms with van der Waals surface area (Å²) in [5.41, 5.74) is 0. The Kier molecular flexibility index (Phi) is 9.36. The molecule has 1 rings (SSSR count). The van der Waals surface area contributed by atoms with Crippen LogP contribution < -0.4 is 10.6 Å². The molecule has 1 aromatic carbocycles. The second-order valence-electron chi connectivity index (χ2n) is 3.17. The molecule has 1 aromatic rings. The van der Waals surface area contributed by atoms with E-state index in [0.29, 0.717) is 17.3 Å². The van der Waals surface area contributed by atoms with E-state index in [1.165, 1.54) is 11.8 Å². The Morgan fingerprint density at radius 3 is 2.71 bits per heavy atom. The Morgan fingerprint density at radius 1 is 1.35 bits per heavy atom. The van der Waals surface area contributed by atoms with Gasteiger partial charge in [0.05, 0.1) is 10.8 Å². The molecule has 0 aliphatic rings. The summed E-state index contributed by atoms with van der Waals surface area (Å²) >= 11 is 7.42. The van der Waals surface area contributed by atoms with Crippen molar-refractivity contribution in [1.29, 1.82) is 0 Å². The topological polar surface area (TPSA) is 41.1 Å². The zero-order valence-electron chi connectivity index (χ0n) is 9.53. The standard InChI is InChI=1S/C11H15ClN2OS.ClH/c1-13-6-7-14-11(15)8-16-10-5-3-2-4-9(10)12;/h2-5,13H,6-8H2,1H3,(H,14,15);1H. The first kappa shape index (κ1) is 16.6. The molecule has 3 nitrogen and oxygen atoms in total. The molecule has 0 saturated carbocycles. The fraction of sp³-hybridized carbons (Fsp3) is 0.364. The van der Waals surface area contributed by atoms with Crippen molar-refractivity contribution in [3.63, 3.8) is 0 Å². The summed E-state index contributed by atoms with van der Waals surface area (Å²) in [7, 11) is 1.85. The van der Waals surface area contributed by atoms with Crippen LogP contribution in [0.5, 0.6) is 0 Å². The lowest BCUT2D eigenvalue weighted by atomic mass is 10.4. The second-order valence-corrected chi connectivity index (χ2v) is 4.60. The minimum Gasteiger partial charge on any atom is -0.354 e. The first-order valence-electron chi connectivity index (χ1n) is 5.02. The van der Waals surface area contributed by atoms with E-state index in [1.807, 2.05) is 31.3 Å². The molecular formula is C11H16Cl2N2OS. The van der Waals surface area contributed by atoms with Gasteiger partial charge in [-0.2, -0.15) is 0 Å². The van der Waals surface area contributed by atoms with Gasteiger partial charge >= 0.3 is 0 Å². The van der Waals surface area contributed by atoms with Gasteiger partial charge in [0.1, 0.15) is 0 Å². The van der Waals surface area contributed by atoms with E-state index in [9.17, 15) is 4.79 Å². The SMILES string of the molecule is CNCCNC(=O)CSc1ccccc1Cl.Cl. The van der Waals surface area contributed by atoms with E-state index in [4.69, 9.17) is 11.6 Å². The van der Waals surface area contributed by atoms with E-state index >= 15 is 0 Å². The predicted octanol–water partition coefficient (Wildman–Crippen LogP) is 2.19. The molecule has 0 unspecified atom stereocenters. The number of likely N-dealkylation sites (N-methyl/N-ethyl adjacent to an activating group) is 1. The molecule has 0 fully saturated rings. The molecule has 0 spiro atoms. The van der Waals surface area contributed by atoms with Crippen LogP contribution in [0, 0.1) is 0 Å². The molecule has 0 aromatic heterocycles. The summed E-state index contributed by atoms with van der Waals surface area (Å²) in [5, 5.41) is 6.46. The average Bonchev–Trinajstić information content (AvgIpc) is 2.28. The minimum absolute atomic E-state index is 0. The molecule has 0 aliphatic carbocycles. The Balaban J connectivity index is 0.00000256. The van der Waals surface area contributed by atoms with Crippen molar-refractivity contribution >= 4 is 41.7 Å². The molecule has 0 atom stereocenters. The molecule has 6 heteroatoms. The van der Waals surface area contributed by atoms with Gasteiger partial charge in [-0.3, -0.25) is 4.79 Å². The largest absolute Gasteiger partial charge is 0.354 e. The number of hydrogen-bond donors (Lipinski definition) is 2. The lowest BCUT2D eigenvalue weighted by Crippen LogP contribution is -2.31. The van der Waals surface area contributed by atoms with Crippen LogP contribution in [-0.4, -0.2) is 31.8 Å². The molecule has 0 saturated heterocycles. The zero-order valence-corrected chi connectivity index (χ0v) is 11.9. The van der Waals surface area contributed by atoms with Gasteiger partial charge in [0.2, 0.25) is 5.91 Å². The molecule has 96 valence electrons. The van der Waals surface area contributed by atoms with Gasteiger partial charge in [-0.05, 0) is 19.2 Å². The molecule has 2 N–H and O–H groups in total. The van der Waals surface area contributed by atoms with Gasteiger partial charge in [-0.15, -0.1) is 24.2 Å². The smallest absolute Gasteiger partial charge is 0.230 e. The number of benzene rings is 1. The van der Waals surface area contributed by atoms with Crippen molar-refractivity contribution in [1.82, 2.24) is 10.6 Å². The highest BCUT2D eigenvalue weighted by Crippen LogP contribution is 2.25. The van der Waals surface area contributed by atoms with Crippen molar-refractivity contribution < 1.29 is 4.79 Å². The third kappa shape index (κ3) is 6.78. The first-order chi connectivity index (χ1) is 7.74. The van der Waals surface area contributed by atoms with Gasteiger partial charge < -0.3 is 10.6 Å². The maximum absolute atomic E-state index is 11.4. The summed E-state index contributed by atoms with van der Waals surface area (Å²) < 4.78 is 0. The molecule has 1 amide bonds. The second kappa shape index (κ2) is 9.59. The van der Waals surface area contributed by atoms with Crippen LogP contribution in [0.3, 0.4) is 0 Å². The number of halogens is 2. The summed E-state index contributed by atoms with van der Waals surface area (Å²) in [4.78, 5) is 12.3. The number of rotatable bonds is 6. The molecule has 0 radical (unpaired) electrons. The van der Waals surface area contributed by atoms with Crippen molar-refractivity contribution in [2.45, 2.75) is 4.90 Å². The highest BCUT2D eigenvalue weighted by Gasteiger charge is 2.04. The van der Waals surface area contributed by atoms with Gasteiger partial charge in [-0.25, -0.2) is 0 Å². The monoisotopic (exact) mass is 294 g/mol. The normalized spacial score (nSPS) is 9.53. The maximum Gasteiger partial charge on any atom is 0.230 e. The maximum atomic E-state index is 11.4. The van der Waals surface area contributed by atoms with Crippen molar-refractivity contribution in [2.24, 2.45) is 0 Å². The fourth-order valence-corrected chi connectivity index (χ4v) is 2.15. The van der Waals surface area contributed by atoms with Crippen LogP contribution in [0.4, 0.5) is 0 Å². The molecular weight excluding hydrogens is 279 g/mol. The average molecular weight is 295 g/mol. The van der Waals surface area contributed by atoms with E-state index < -0.39 is 0 Å². The van der Waals surface area contributed by atoms with Gasteiger partial charge in [0, 0.05) is 18.0 Å². The minimum atomic E-state index is 0. The van der Waals surface area contributed by atoms with Gasteiger partial charge in [0.15, 0.2) is 0 Å². The molecule has 17 heavy (non-hydrogen) atoms. The van der Waals surface area contributed by atoms with Crippen LogP contribution in [0.2, 0.25) is 5.02 Å². The van der Waals surface area contributed by atoms with Crippen LogP contribution in [0.1, 0.15) is 0 Å². The van der Waals surface area contributed by atoms with Crippen LogP contribution in [0.25, 0.3) is 0 Å². The third-order valence-electron chi connectivity index (χ3n) is 1.89. The number of thioether (sulfide) groups is 1. The van der Waals surface area contributed by atoms with Crippen molar-refractivity contribution in [2.75, 3.05) is 25.9 Å². The zero-order chi connectivity index (χ0) is 11.8. The summed E-state index contributed by atoms with van der Waals surface area (Å²) in [5.74, 6) is 0.424. The predicted molar refractivity (Wildman–Crippen MR) is 76.4 cm³/mol. The molecule has 0 bridgehead atoms. The van der Waals surface area contributed by atoms with E-state index in [2.05, 4.69) is 10.6 Å². The third-order valence-corrected chi connectivity index (χ3v) is 3.41. The number of amides is 1. The Hall–Kier alpha value is -0.420. The Labute approximate surface area is 117 Å². The van der Waals surface area contributed by atoms with Crippen molar-refractivity contribution in [3.8, 4) is 0 Å². The van der Waals surface area contributed by atoms with Gasteiger partial charge in [-0.1, -0.05) is 23.7 Å². The number of nitrogens with one attached hydrogen (secondary N) is 2. The molecule has 0 heterocycles. The highest BCUT2D eigenvalue weighted by molar-refractivity contribution is 8.00. The van der Waals surface area contributed by atoms with Crippen LogP contribution in [-0.2, 0) is 4.79 Å². The summed E-state index contributed by atoms with van der Waals surface area (Å²) in [6.07, 6.45) is 0. The van der Waals surface area contributed by atoms with Crippen molar-refractivity contribution in [3.05, 3.63) is 29.3 Å². The molecule has 0 aliphatic heterocycles. The first-order valence-corrected chi connectivity index (χ1v) is 6.39. The Morgan fingerprint density at radius 2 is 2.06 bits per heavy atom. The van der Waals surface area contributed by atoms with Crippen LogP contribution in [0.15, 0.2) is 29.2 Å². The summed E-state index contributed by atoms with van der Waals surface area (Å²) in [6.45, 7) is 1.43. The van der Waals surface area contributed by atoms with E-state index in [1.54, 1.807) is 0 Å². The lowest BCUT2D eigenvalue weighted by molar-refractivity contribution is -0.118. The summed E-state index contributed by atoms with van der Waals surface area (Å²) in [6, 6.07) is 7.52. The highest BCUT2D eigenvalue weighted by atomic mass is 35.5. The van der Waals surface area contributed by atoms with Crippen LogP contribution >= 0.6 is 35.8 Å². The number of carbonyl (C=O) groups is 1. The van der Waals surface area contributed by atoms with E-state index in [-0.39, 0.29) is 18.3 Å². The quantitative estimate of drug-likeness (QED) is 0.624. The lowest BCUT2D eigenvalue weighted by Gasteiger charge is -2.05.